The van der Waals surface area contributed by atoms with Gasteiger partial charge in [-0.25, -0.2) is 0 Å². The Bertz CT molecular complexity index is 10.8. The molecule has 0 heterocycles. The van der Waals surface area contributed by atoms with Gasteiger partial charge in [-0.3, -0.25) is 0 Å². The lowest BCUT2D eigenvalue weighted by Crippen LogP contribution is -1.82. The van der Waals surface area contributed by atoms with Gasteiger partial charge >= 0.3 is 0 Å². The van der Waals surface area contributed by atoms with Crippen molar-refractivity contribution >= 4 is 0 Å². The predicted octanol–water partition coefficient (Wildman–Crippen LogP) is 0.687. The van der Waals surface area contributed by atoms with Gasteiger partial charge in [-0.1, -0.05) is 0 Å². The van der Waals surface area contributed by atoms with Crippen LogP contribution in [0.15, 0.2) is 0 Å². The summed E-state index contributed by atoms with van der Waals surface area (Å²) in [7, 11) is 0.667. The number of nitrogens with zero attached hydrogens (tertiary/aromatic N) is 1. The molecule has 0 aromatic rings. The quantitative estimate of drug-likeness (QED) is 0.377. The summed E-state index contributed by atoms with van der Waals surface area (Å²) in [6.45, 7) is 0. The zero-order chi connectivity index (χ0) is 3.58. The van der Waals surface area contributed by atoms with Gasteiger partial charge in [0.1, 0.15) is 0 Å². The maximum atomic E-state index is 10.2. The summed E-state index contributed by atoms with van der Waals surface area (Å²) in [6, 6.07) is 0. The SMILES string of the molecule is CN(F)F. The fraction of sp³-hybridized carbons (Fsp3) is 1.00. The van der Waals surface area contributed by atoms with Crippen LogP contribution in [0.3, 0.4) is 0 Å². The Morgan fingerprint density at radius 2 is 1.50 bits per heavy atom. The number of halogens is 2. The summed E-state index contributed by atoms with van der Waals surface area (Å²) in [5, 5.41) is -1.00. The topological polar surface area (TPSA) is 3.24 Å². The predicted molar refractivity (Wildman–Crippen MR) is 9.98 cm³/mol. The van der Waals surface area contributed by atoms with E-state index in [1.165, 1.54) is 0 Å². The first kappa shape index (κ1) is 3.82. The van der Waals surface area contributed by atoms with Crippen molar-refractivity contribution in [3.63, 3.8) is 0 Å². The van der Waals surface area contributed by atoms with E-state index >= 15 is 0 Å². The normalized spacial score (nSPS) is 9.00. The Morgan fingerprint density at radius 1 is 1.50 bits per heavy atom. The van der Waals surface area contributed by atoms with Crippen molar-refractivity contribution in [3.8, 4) is 0 Å². The van der Waals surface area contributed by atoms with Gasteiger partial charge in [0.15, 0.2) is 0 Å². The fourth-order valence-corrected chi connectivity index (χ4v) is 0. The molecule has 0 rings (SSSR count). The van der Waals surface area contributed by atoms with Crippen LogP contribution < -0.4 is 0 Å². The standard InChI is InChI=1S/CH3F2N/c1-4(2)3/h1H3. The molecule has 0 radical (unpaired) electrons. The first-order chi connectivity index (χ1) is 1.73. The van der Waals surface area contributed by atoms with E-state index in [2.05, 4.69) is 0 Å². The van der Waals surface area contributed by atoms with E-state index in [4.69, 9.17) is 0 Å². The highest BCUT2D eigenvalue weighted by atomic mass is 19.4. The first-order valence-corrected chi connectivity index (χ1v) is 0.785. The molecule has 4 heavy (non-hydrogen) atoms. The van der Waals surface area contributed by atoms with E-state index in [9.17, 15) is 8.96 Å². The molecule has 0 fully saturated rings. The number of hydrogen-bond donors (Lipinski definition) is 0. The molecule has 0 aliphatic rings. The van der Waals surface area contributed by atoms with Gasteiger partial charge in [0.2, 0.25) is 0 Å². The van der Waals surface area contributed by atoms with Crippen LogP contribution in [-0.2, 0) is 0 Å². The molecule has 26 valence electrons. The van der Waals surface area contributed by atoms with Crippen molar-refractivity contribution in [2.45, 2.75) is 0 Å². The molecule has 0 amide bonds. The van der Waals surface area contributed by atoms with Crippen LogP contribution in [0.5, 0.6) is 0 Å². The fourth-order valence-electron chi connectivity index (χ4n) is 0. The molecular weight excluding hydrogens is 64.0 g/mol. The van der Waals surface area contributed by atoms with Crippen molar-refractivity contribution in [2.24, 2.45) is 0 Å². The maximum Gasteiger partial charge on any atom is 0.0507 e. The molecule has 0 aromatic carbocycles. The van der Waals surface area contributed by atoms with Crippen molar-refractivity contribution in [1.82, 2.24) is 5.34 Å². The molecule has 1 nitrogen and oxygen atoms in total. The summed E-state index contributed by atoms with van der Waals surface area (Å²) < 4.78 is 20.3. The highest BCUT2D eigenvalue weighted by Crippen LogP contribution is 1.73. The van der Waals surface area contributed by atoms with Crippen LogP contribution in [0.25, 0.3) is 0 Å². The van der Waals surface area contributed by atoms with Crippen molar-refractivity contribution < 1.29 is 8.96 Å². The largest absolute Gasteiger partial charge is 0.102 e. The van der Waals surface area contributed by atoms with E-state index in [1.807, 2.05) is 0 Å². The van der Waals surface area contributed by atoms with Gasteiger partial charge in [-0.15, -0.1) is 8.96 Å². The minimum absolute atomic E-state index is 0.667. The molecule has 0 saturated heterocycles. The Hall–Kier alpha value is -0.180. The second-order valence-corrected chi connectivity index (χ2v) is 0.402. The summed E-state index contributed by atoms with van der Waals surface area (Å²) in [4.78, 5) is 0. The van der Waals surface area contributed by atoms with Gasteiger partial charge in [0.25, 0.3) is 0 Å². The van der Waals surface area contributed by atoms with Gasteiger partial charge in [0, 0.05) is 5.34 Å². The second-order valence-electron chi connectivity index (χ2n) is 0.402. The summed E-state index contributed by atoms with van der Waals surface area (Å²) in [6.07, 6.45) is 0. The molecule has 0 unspecified atom stereocenters. The molecule has 0 bridgehead atoms. The maximum absolute atomic E-state index is 10.2. The summed E-state index contributed by atoms with van der Waals surface area (Å²) in [5.74, 6) is 0. The lowest BCUT2D eigenvalue weighted by molar-refractivity contribution is -0.126. The van der Waals surface area contributed by atoms with E-state index in [-0.39, 0.29) is 0 Å². The average molecular weight is 67.0 g/mol. The van der Waals surface area contributed by atoms with Crippen LogP contribution in [-0.4, -0.2) is 12.4 Å². The molecule has 0 atom stereocenters. The molecule has 0 spiro atoms. The molecule has 3 heteroatoms. The van der Waals surface area contributed by atoms with E-state index in [1.54, 1.807) is 0 Å². The van der Waals surface area contributed by atoms with Crippen LogP contribution in [0.1, 0.15) is 0 Å². The molecule has 0 aromatic heterocycles. The lowest BCUT2D eigenvalue weighted by Gasteiger charge is -1.75. The van der Waals surface area contributed by atoms with Crippen LogP contribution in [0.4, 0.5) is 8.96 Å². The Balaban J connectivity index is 2.32. The van der Waals surface area contributed by atoms with Crippen molar-refractivity contribution in [3.05, 3.63) is 0 Å². The Kier molecular flexibility index (Phi) is 1.12. The van der Waals surface area contributed by atoms with Gasteiger partial charge in [-0.2, -0.15) is 0 Å². The van der Waals surface area contributed by atoms with Gasteiger partial charge in [-0.05, 0) is 0 Å². The lowest BCUT2D eigenvalue weighted by atomic mass is 11.6. The van der Waals surface area contributed by atoms with Gasteiger partial charge < -0.3 is 0 Å². The highest BCUT2D eigenvalue weighted by molar-refractivity contribution is 3.69. The molecule has 0 saturated carbocycles. The molecular formula is CH3F2N. The van der Waals surface area contributed by atoms with E-state index in [0.717, 1.165) is 0 Å². The third-order valence-electron chi connectivity index (χ3n) is 0. The van der Waals surface area contributed by atoms with Crippen molar-refractivity contribution in [1.29, 1.82) is 0 Å². The monoisotopic (exact) mass is 67.0 g/mol. The number of hydrogen-bond acceptors (Lipinski definition) is 1. The zero-order valence-corrected chi connectivity index (χ0v) is 2.20. The molecule has 0 N–H and O–H groups in total. The smallest absolute Gasteiger partial charge is 0.0507 e. The summed E-state index contributed by atoms with van der Waals surface area (Å²) in [5.41, 5.74) is 0. The van der Waals surface area contributed by atoms with Gasteiger partial charge in [0.05, 0.1) is 7.05 Å². The summed E-state index contributed by atoms with van der Waals surface area (Å²) >= 11 is 0. The van der Waals surface area contributed by atoms with Crippen LogP contribution in [0.2, 0.25) is 0 Å². The minimum atomic E-state index is -1.00. The number of rotatable bonds is 0. The highest BCUT2D eigenvalue weighted by Gasteiger charge is 1.72. The average Bonchev–Trinajstić information content (AvgIpc) is 0.811. The van der Waals surface area contributed by atoms with Crippen LogP contribution in [0, 0.1) is 0 Å². The van der Waals surface area contributed by atoms with Crippen LogP contribution >= 0.6 is 0 Å². The third-order valence-corrected chi connectivity index (χ3v) is 0. The molecule has 0 aliphatic carbocycles. The third kappa shape index (κ3) is 37.8. The Morgan fingerprint density at radius 3 is 1.50 bits per heavy atom. The minimum Gasteiger partial charge on any atom is -0.102 e. The van der Waals surface area contributed by atoms with E-state index < -0.39 is 5.34 Å². The second kappa shape index (κ2) is 1.17. The molecule has 0 aliphatic heterocycles. The van der Waals surface area contributed by atoms with E-state index in [0.29, 0.717) is 7.05 Å². The van der Waals surface area contributed by atoms with Crippen molar-refractivity contribution in [2.75, 3.05) is 7.05 Å². The zero-order valence-electron chi connectivity index (χ0n) is 2.20. The Labute approximate surface area is 22.7 Å². The first-order valence-electron chi connectivity index (χ1n) is 0.785.